The summed E-state index contributed by atoms with van der Waals surface area (Å²) < 4.78 is 5.39. The van der Waals surface area contributed by atoms with Crippen LogP contribution < -0.4 is 10.1 Å². The fourth-order valence-corrected chi connectivity index (χ4v) is 3.11. The van der Waals surface area contributed by atoms with Crippen LogP contribution in [0.3, 0.4) is 0 Å². The van der Waals surface area contributed by atoms with Crippen molar-refractivity contribution >= 4 is 11.6 Å². The maximum absolute atomic E-state index is 12.3. The lowest BCUT2D eigenvalue weighted by Gasteiger charge is -2.37. The van der Waals surface area contributed by atoms with Crippen molar-refractivity contribution in [1.29, 1.82) is 0 Å². The molecule has 0 saturated carbocycles. The van der Waals surface area contributed by atoms with Gasteiger partial charge in [-0.3, -0.25) is 9.69 Å². The Balaban J connectivity index is 1.89. The second kappa shape index (κ2) is 8.89. The summed E-state index contributed by atoms with van der Waals surface area (Å²) in [7, 11) is 0. The van der Waals surface area contributed by atoms with Gasteiger partial charge >= 0.3 is 0 Å². The molecule has 2 N–H and O–H groups in total. The molecule has 1 aromatic rings. The van der Waals surface area contributed by atoms with Crippen LogP contribution in [0.4, 0.5) is 5.69 Å². The maximum Gasteiger partial charge on any atom is 0.238 e. The van der Waals surface area contributed by atoms with E-state index in [0.29, 0.717) is 13.2 Å². The highest BCUT2D eigenvalue weighted by atomic mass is 16.5. The van der Waals surface area contributed by atoms with Crippen LogP contribution in [0, 0.1) is 0 Å². The number of carbonyl (C=O) groups excluding carboxylic acids is 1. The number of nitrogens with one attached hydrogen (secondary N) is 1. The molecule has 1 fully saturated rings. The van der Waals surface area contributed by atoms with Gasteiger partial charge in [0.1, 0.15) is 5.75 Å². The van der Waals surface area contributed by atoms with Crippen molar-refractivity contribution in [3.8, 4) is 5.75 Å². The smallest absolute Gasteiger partial charge is 0.238 e. The summed E-state index contributed by atoms with van der Waals surface area (Å²) in [6.07, 6.45) is 3.54. The van der Waals surface area contributed by atoms with Crippen LogP contribution >= 0.6 is 0 Å². The lowest BCUT2D eigenvalue weighted by molar-refractivity contribution is -0.119. The van der Waals surface area contributed by atoms with E-state index >= 15 is 0 Å². The van der Waals surface area contributed by atoms with E-state index in [4.69, 9.17) is 4.74 Å². The Labute approximate surface area is 138 Å². The summed E-state index contributed by atoms with van der Waals surface area (Å²) in [5.74, 6) is 0.761. The maximum atomic E-state index is 12.3. The number of likely N-dealkylation sites (tertiary alicyclic amines) is 1. The number of hydrogen-bond donors (Lipinski definition) is 2. The molecule has 1 heterocycles. The quantitative estimate of drug-likeness (QED) is 0.811. The number of ether oxygens (including phenoxy) is 1. The third kappa shape index (κ3) is 5.22. The van der Waals surface area contributed by atoms with E-state index in [-0.39, 0.29) is 18.1 Å². The lowest BCUT2D eigenvalue weighted by atomic mass is 9.96. The fraction of sp³-hybridized carbons (Fsp3) is 0.611. The molecule has 1 aliphatic heterocycles. The van der Waals surface area contributed by atoms with Gasteiger partial charge in [-0.15, -0.1) is 0 Å². The molecule has 0 aliphatic carbocycles. The minimum Gasteiger partial charge on any atom is -0.494 e. The molecule has 0 spiro atoms. The second-order valence-electron chi connectivity index (χ2n) is 6.01. The zero-order chi connectivity index (χ0) is 16.7. The summed E-state index contributed by atoms with van der Waals surface area (Å²) in [6, 6.07) is 7.49. The van der Waals surface area contributed by atoms with Crippen LogP contribution in [0.1, 0.15) is 39.5 Å². The van der Waals surface area contributed by atoms with Crippen LogP contribution in [0.15, 0.2) is 24.3 Å². The van der Waals surface area contributed by atoms with Crippen LogP contribution in [0.5, 0.6) is 5.75 Å². The van der Waals surface area contributed by atoms with Gasteiger partial charge in [0.2, 0.25) is 5.91 Å². The van der Waals surface area contributed by atoms with E-state index in [9.17, 15) is 9.90 Å². The number of benzene rings is 1. The largest absolute Gasteiger partial charge is 0.494 e. The van der Waals surface area contributed by atoms with Gasteiger partial charge in [-0.05, 0) is 57.0 Å². The number of hydrogen-bond acceptors (Lipinski definition) is 4. The zero-order valence-electron chi connectivity index (χ0n) is 14.1. The first-order chi connectivity index (χ1) is 11.1. The molecule has 1 aromatic carbocycles. The molecule has 1 amide bonds. The van der Waals surface area contributed by atoms with Crippen molar-refractivity contribution in [3.63, 3.8) is 0 Å². The number of carbonyl (C=O) groups is 1. The number of nitrogens with zero attached hydrogens (tertiary/aromatic N) is 1. The molecule has 2 rings (SSSR count). The standard InChI is InChI=1S/C18H28N2O3/c1-3-17(21)16-7-5-6-12-20(16)13-18(22)19-14-8-10-15(11-9-14)23-4-2/h8-11,16-17,21H,3-7,12-13H2,1-2H3,(H,19,22). The number of rotatable bonds is 7. The van der Waals surface area contributed by atoms with Gasteiger partial charge in [0.15, 0.2) is 0 Å². The third-order valence-electron chi connectivity index (χ3n) is 4.32. The van der Waals surface area contributed by atoms with Gasteiger partial charge in [-0.1, -0.05) is 13.3 Å². The Bertz CT molecular complexity index is 490. The molecule has 0 bridgehead atoms. The van der Waals surface area contributed by atoms with Crippen molar-refractivity contribution in [2.45, 2.75) is 51.7 Å². The van der Waals surface area contributed by atoms with Crippen molar-refractivity contribution < 1.29 is 14.6 Å². The highest BCUT2D eigenvalue weighted by Gasteiger charge is 2.28. The van der Waals surface area contributed by atoms with Crippen LogP contribution in [0.2, 0.25) is 0 Å². The van der Waals surface area contributed by atoms with Gasteiger partial charge < -0.3 is 15.2 Å². The van der Waals surface area contributed by atoms with Gasteiger partial charge in [0.25, 0.3) is 0 Å². The van der Waals surface area contributed by atoms with E-state index in [1.165, 1.54) is 0 Å². The average molecular weight is 320 g/mol. The molecule has 5 heteroatoms. The first kappa shape index (κ1) is 17.8. The topological polar surface area (TPSA) is 61.8 Å². The summed E-state index contributed by atoms with van der Waals surface area (Å²) in [5.41, 5.74) is 0.767. The first-order valence-corrected chi connectivity index (χ1v) is 8.58. The SMILES string of the molecule is CCOc1ccc(NC(=O)CN2CCCCC2C(O)CC)cc1. The van der Waals surface area contributed by atoms with Gasteiger partial charge in [-0.25, -0.2) is 0 Å². The predicted octanol–water partition coefficient (Wildman–Crippen LogP) is 2.65. The predicted molar refractivity (Wildman–Crippen MR) is 91.8 cm³/mol. The third-order valence-corrected chi connectivity index (χ3v) is 4.32. The van der Waals surface area contributed by atoms with Crippen molar-refractivity contribution in [3.05, 3.63) is 24.3 Å². The molecule has 5 nitrogen and oxygen atoms in total. The van der Waals surface area contributed by atoms with Crippen LogP contribution in [-0.2, 0) is 4.79 Å². The molecule has 2 atom stereocenters. The van der Waals surface area contributed by atoms with Gasteiger partial charge in [0.05, 0.1) is 19.3 Å². The average Bonchev–Trinajstić information content (AvgIpc) is 2.56. The number of aliphatic hydroxyl groups is 1. The normalized spacial score (nSPS) is 20.0. The molecular weight excluding hydrogens is 292 g/mol. The summed E-state index contributed by atoms with van der Waals surface area (Å²) >= 11 is 0. The molecule has 1 aliphatic rings. The Kier molecular flexibility index (Phi) is 6.86. The summed E-state index contributed by atoms with van der Waals surface area (Å²) in [5, 5.41) is 13.1. The van der Waals surface area contributed by atoms with E-state index < -0.39 is 0 Å². The zero-order valence-corrected chi connectivity index (χ0v) is 14.1. The Hall–Kier alpha value is -1.59. The van der Waals surface area contributed by atoms with E-state index in [2.05, 4.69) is 10.2 Å². The molecule has 0 aromatic heterocycles. The van der Waals surface area contributed by atoms with E-state index in [0.717, 1.165) is 43.7 Å². The molecular formula is C18H28N2O3. The van der Waals surface area contributed by atoms with E-state index in [1.54, 1.807) is 0 Å². The fourth-order valence-electron chi connectivity index (χ4n) is 3.11. The molecule has 0 radical (unpaired) electrons. The van der Waals surface area contributed by atoms with Gasteiger partial charge in [0, 0.05) is 11.7 Å². The molecule has 23 heavy (non-hydrogen) atoms. The minimum absolute atomic E-state index is 0.0376. The number of aliphatic hydroxyl groups excluding tert-OH is 1. The van der Waals surface area contributed by atoms with E-state index in [1.807, 2.05) is 38.1 Å². The van der Waals surface area contributed by atoms with Crippen molar-refractivity contribution in [2.75, 3.05) is 25.0 Å². The molecule has 2 unspecified atom stereocenters. The molecule has 128 valence electrons. The van der Waals surface area contributed by atoms with Crippen LogP contribution in [-0.4, -0.2) is 47.8 Å². The lowest BCUT2D eigenvalue weighted by Crippen LogP contribution is -2.49. The van der Waals surface area contributed by atoms with Crippen LogP contribution in [0.25, 0.3) is 0 Å². The second-order valence-corrected chi connectivity index (χ2v) is 6.01. The Morgan fingerprint density at radius 2 is 2.09 bits per heavy atom. The Morgan fingerprint density at radius 3 is 2.74 bits per heavy atom. The van der Waals surface area contributed by atoms with Crippen molar-refractivity contribution in [2.24, 2.45) is 0 Å². The number of anilines is 1. The number of piperidine rings is 1. The number of amides is 1. The Morgan fingerprint density at radius 1 is 1.35 bits per heavy atom. The molecule has 1 saturated heterocycles. The minimum atomic E-state index is -0.353. The van der Waals surface area contributed by atoms with Crippen molar-refractivity contribution in [1.82, 2.24) is 4.90 Å². The summed E-state index contributed by atoms with van der Waals surface area (Å²) in [6.45, 7) is 5.75. The first-order valence-electron chi connectivity index (χ1n) is 8.58. The monoisotopic (exact) mass is 320 g/mol. The van der Waals surface area contributed by atoms with Gasteiger partial charge in [-0.2, -0.15) is 0 Å². The summed E-state index contributed by atoms with van der Waals surface area (Å²) in [4.78, 5) is 14.4. The highest BCUT2D eigenvalue weighted by Crippen LogP contribution is 2.21. The highest BCUT2D eigenvalue weighted by molar-refractivity contribution is 5.92.